The van der Waals surface area contributed by atoms with Crippen LogP contribution in [0.2, 0.25) is 0 Å². The SMILES string of the molecule is CCCNC1CCN(CCC(C)C)CC1C. The van der Waals surface area contributed by atoms with Gasteiger partial charge in [0.2, 0.25) is 0 Å². The molecule has 0 saturated carbocycles. The molecule has 1 aliphatic rings. The Morgan fingerprint density at radius 3 is 2.69 bits per heavy atom. The lowest BCUT2D eigenvalue weighted by Gasteiger charge is -2.37. The monoisotopic (exact) mass is 226 g/mol. The van der Waals surface area contributed by atoms with Crippen molar-refractivity contribution in [1.29, 1.82) is 0 Å². The molecule has 96 valence electrons. The average Bonchev–Trinajstić information content (AvgIpc) is 2.25. The molecule has 0 bridgehead atoms. The Balaban J connectivity index is 2.22. The molecule has 0 aromatic carbocycles. The third kappa shape index (κ3) is 4.84. The summed E-state index contributed by atoms with van der Waals surface area (Å²) in [5.74, 6) is 1.65. The lowest BCUT2D eigenvalue weighted by molar-refractivity contribution is 0.142. The molecule has 16 heavy (non-hydrogen) atoms. The van der Waals surface area contributed by atoms with Crippen molar-refractivity contribution in [2.45, 2.75) is 53.0 Å². The van der Waals surface area contributed by atoms with E-state index < -0.39 is 0 Å². The summed E-state index contributed by atoms with van der Waals surface area (Å²) in [5.41, 5.74) is 0. The van der Waals surface area contributed by atoms with Gasteiger partial charge in [0, 0.05) is 12.6 Å². The Morgan fingerprint density at radius 1 is 1.38 bits per heavy atom. The van der Waals surface area contributed by atoms with E-state index in [1.54, 1.807) is 0 Å². The van der Waals surface area contributed by atoms with Gasteiger partial charge in [0.05, 0.1) is 0 Å². The number of hydrogen-bond donors (Lipinski definition) is 1. The summed E-state index contributed by atoms with van der Waals surface area (Å²) in [5, 5.41) is 3.68. The van der Waals surface area contributed by atoms with Gasteiger partial charge in [0.25, 0.3) is 0 Å². The molecular weight excluding hydrogens is 196 g/mol. The van der Waals surface area contributed by atoms with E-state index >= 15 is 0 Å². The predicted octanol–water partition coefficient (Wildman–Crippen LogP) is 2.74. The number of nitrogens with one attached hydrogen (secondary N) is 1. The van der Waals surface area contributed by atoms with E-state index in [4.69, 9.17) is 0 Å². The van der Waals surface area contributed by atoms with Crippen LogP contribution < -0.4 is 5.32 Å². The van der Waals surface area contributed by atoms with Crippen molar-refractivity contribution >= 4 is 0 Å². The van der Waals surface area contributed by atoms with Crippen molar-refractivity contribution in [2.24, 2.45) is 11.8 Å². The first kappa shape index (κ1) is 14.0. The molecule has 2 unspecified atom stereocenters. The fourth-order valence-electron chi connectivity index (χ4n) is 2.51. The van der Waals surface area contributed by atoms with Gasteiger partial charge in [-0.15, -0.1) is 0 Å². The standard InChI is InChI=1S/C14H30N2/c1-5-8-15-14-7-10-16(11-13(14)4)9-6-12(2)3/h12-15H,5-11H2,1-4H3. The summed E-state index contributed by atoms with van der Waals surface area (Å²) >= 11 is 0. The van der Waals surface area contributed by atoms with Gasteiger partial charge in [-0.1, -0.05) is 27.7 Å². The first-order valence-electron chi connectivity index (χ1n) is 7.09. The molecule has 1 heterocycles. The summed E-state index contributed by atoms with van der Waals surface area (Å²) in [7, 11) is 0. The molecule has 1 N–H and O–H groups in total. The molecule has 2 nitrogen and oxygen atoms in total. The van der Waals surface area contributed by atoms with Gasteiger partial charge >= 0.3 is 0 Å². The zero-order chi connectivity index (χ0) is 12.0. The number of likely N-dealkylation sites (tertiary alicyclic amines) is 1. The number of rotatable bonds is 6. The number of hydrogen-bond acceptors (Lipinski definition) is 2. The van der Waals surface area contributed by atoms with E-state index in [1.807, 2.05) is 0 Å². The van der Waals surface area contributed by atoms with Gasteiger partial charge in [-0.3, -0.25) is 0 Å². The maximum Gasteiger partial charge on any atom is 0.0117 e. The minimum Gasteiger partial charge on any atom is -0.314 e. The van der Waals surface area contributed by atoms with Crippen LogP contribution in [0, 0.1) is 11.8 Å². The molecule has 0 spiro atoms. The fraction of sp³-hybridized carbons (Fsp3) is 1.00. The molecule has 1 fully saturated rings. The number of nitrogens with zero attached hydrogens (tertiary/aromatic N) is 1. The van der Waals surface area contributed by atoms with Gasteiger partial charge in [0.1, 0.15) is 0 Å². The van der Waals surface area contributed by atoms with E-state index in [-0.39, 0.29) is 0 Å². The molecule has 0 aromatic heterocycles. The molecule has 1 saturated heterocycles. The highest BCUT2D eigenvalue weighted by Crippen LogP contribution is 2.17. The predicted molar refractivity (Wildman–Crippen MR) is 71.8 cm³/mol. The molecule has 1 aliphatic heterocycles. The van der Waals surface area contributed by atoms with E-state index in [1.165, 1.54) is 45.4 Å². The van der Waals surface area contributed by atoms with Crippen molar-refractivity contribution in [2.75, 3.05) is 26.2 Å². The third-order valence-corrected chi connectivity index (χ3v) is 3.67. The van der Waals surface area contributed by atoms with Crippen LogP contribution >= 0.6 is 0 Å². The van der Waals surface area contributed by atoms with Crippen LogP contribution in [0.3, 0.4) is 0 Å². The smallest absolute Gasteiger partial charge is 0.0117 e. The van der Waals surface area contributed by atoms with E-state index in [9.17, 15) is 0 Å². The molecule has 1 rings (SSSR count). The van der Waals surface area contributed by atoms with Crippen molar-refractivity contribution in [3.05, 3.63) is 0 Å². The summed E-state index contributed by atoms with van der Waals surface area (Å²) < 4.78 is 0. The Labute approximate surface area is 102 Å². The van der Waals surface area contributed by atoms with Gasteiger partial charge in [-0.25, -0.2) is 0 Å². The number of piperidine rings is 1. The largest absolute Gasteiger partial charge is 0.314 e. The van der Waals surface area contributed by atoms with Crippen molar-refractivity contribution < 1.29 is 0 Å². The van der Waals surface area contributed by atoms with Crippen LogP contribution in [-0.4, -0.2) is 37.1 Å². The second-order valence-corrected chi connectivity index (χ2v) is 5.81. The zero-order valence-electron chi connectivity index (χ0n) is 11.6. The van der Waals surface area contributed by atoms with Crippen molar-refractivity contribution in [1.82, 2.24) is 10.2 Å². The molecule has 0 radical (unpaired) electrons. The molecule has 0 amide bonds. The first-order valence-corrected chi connectivity index (χ1v) is 7.09. The highest BCUT2D eigenvalue weighted by atomic mass is 15.1. The first-order chi connectivity index (χ1) is 7.63. The average molecular weight is 226 g/mol. The van der Waals surface area contributed by atoms with Gasteiger partial charge in [-0.2, -0.15) is 0 Å². The van der Waals surface area contributed by atoms with E-state index in [0.717, 1.165) is 17.9 Å². The Bertz CT molecular complexity index is 180. The Hall–Kier alpha value is -0.0800. The zero-order valence-corrected chi connectivity index (χ0v) is 11.6. The summed E-state index contributed by atoms with van der Waals surface area (Å²) in [6.45, 7) is 14.3. The normalized spacial score (nSPS) is 27.6. The Kier molecular flexibility index (Phi) is 6.37. The van der Waals surface area contributed by atoms with Gasteiger partial charge in [0.15, 0.2) is 0 Å². The maximum absolute atomic E-state index is 3.68. The molecule has 0 aliphatic carbocycles. The van der Waals surface area contributed by atoms with Crippen molar-refractivity contribution in [3.63, 3.8) is 0 Å². The highest BCUT2D eigenvalue weighted by Gasteiger charge is 2.24. The Morgan fingerprint density at radius 2 is 2.12 bits per heavy atom. The van der Waals surface area contributed by atoms with Crippen LogP contribution in [0.1, 0.15) is 47.0 Å². The molecular formula is C14H30N2. The third-order valence-electron chi connectivity index (χ3n) is 3.67. The van der Waals surface area contributed by atoms with E-state index in [2.05, 4.69) is 37.9 Å². The minimum absolute atomic E-state index is 0.759. The molecule has 0 aromatic rings. The maximum atomic E-state index is 3.68. The summed E-state index contributed by atoms with van der Waals surface area (Å²) in [6, 6.07) is 0.759. The second kappa shape index (κ2) is 7.29. The van der Waals surface area contributed by atoms with Crippen LogP contribution in [-0.2, 0) is 0 Å². The molecule has 2 heteroatoms. The lowest BCUT2D eigenvalue weighted by Crippen LogP contribution is -2.48. The minimum atomic E-state index is 0.759. The quantitative estimate of drug-likeness (QED) is 0.749. The topological polar surface area (TPSA) is 15.3 Å². The molecule has 2 atom stereocenters. The summed E-state index contributed by atoms with van der Waals surface area (Å²) in [6.07, 6.45) is 3.93. The summed E-state index contributed by atoms with van der Waals surface area (Å²) in [4.78, 5) is 2.65. The van der Waals surface area contributed by atoms with Gasteiger partial charge in [-0.05, 0) is 50.7 Å². The van der Waals surface area contributed by atoms with Gasteiger partial charge < -0.3 is 10.2 Å². The van der Waals surface area contributed by atoms with Crippen LogP contribution in [0.15, 0.2) is 0 Å². The van der Waals surface area contributed by atoms with Crippen LogP contribution in [0.5, 0.6) is 0 Å². The van der Waals surface area contributed by atoms with Crippen LogP contribution in [0.4, 0.5) is 0 Å². The van der Waals surface area contributed by atoms with Crippen molar-refractivity contribution in [3.8, 4) is 0 Å². The lowest BCUT2D eigenvalue weighted by atomic mass is 9.93. The fourth-order valence-corrected chi connectivity index (χ4v) is 2.51. The van der Waals surface area contributed by atoms with Crippen LogP contribution in [0.25, 0.3) is 0 Å². The van der Waals surface area contributed by atoms with E-state index in [0.29, 0.717) is 0 Å². The second-order valence-electron chi connectivity index (χ2n) is 5.81. The highest BCUT2D eigenvalue weighted by molar-refractivity contribution is 4.82.